The highest BCUT2D eigenvalue weighted by molar-refractivity contribution is 7.92. The van der Waals surface area contributed by atoms with Crippen LogP contribution in [-0.4, -0.2) is 42.2 Å². The Labute approximate surface area is 216 Å². The number of hydrogen-bond donors (Lipinski definition) is 1. The van der Waals surface area contributed by atoms with Crippen molar-refractivity contribution in [2.75, 3.05) is 37.5 Å². The number of carbonyl (C=O) groups is 1. The van der Waals surface area contributed by atoms with Gasteiger partial charge in [0.1, 0.15) is 12.3 Å². The van der Waals surface area contributed by atoms with Crippen molar-refractivity contribution in [1.82, 2.24) is 0 Å². The molecule has 198 valence electrons. The van der Waals surface area contributed by atoms with Gasteiger partial charge in [-0.2, -0.15) is 13.2 Å². The largest absolute Gasteiger partial charge is 0.497 e. The van der Waals surface area contributed by atoms with Crippen molar-refractivity contribution < 1.29 is 40.6 Å². The van der Waals surface area contributed by atoms with E-state index in [4.69, 9.17) is 25.8 Å². The van der Waals surface area contributed by atoms with Crippen LogP contribution in [0.2, 0.25) is 5.02 Å². The van der Waals surface area contributed by atoms with E-state index in [0.717, 1.165) is 10.4 Å². The number of carbonyl (C=O) groups excluding carboxylic acids is 1. The van der Waals surface area contributed by atoms with E-state index in [1.807, 2.05) is 0 Å². The van der Waals surface area contributed by atoms with Crippen molar-refractivity contribution in [3.8, 4) is 17.2 Å². The second kappa shape index (κ2) is 11.2. The number of methoxy groups -OCH3 is 3. The number of nitrogens with one attached hydrogen (secondary N) is 1. The van der Waals surface area contributed by atoms with Gasteiger partial charge in [-0.25, -0.2) is 8.42 Å². The Bertz CT molecular complexity index is 1380. The number of amides is 1. The zero-order valence-electron chi connectivity index (χ0n) is 19.8. The summed E-state index contributed by atoms with van der Waals surface area (Å²) in [5.41, 5.74) is -1.68. The van der Waals surface area contributed by atoms with E-state index in [-0.39, 0.29) is 27.1 Å². The number of anilines is 2. The Kier molecular flexibility index (Phi) is 8.44. The summed E-state index contributed by atoms with van der Waals surface area (Å²) >= 11 is 5.69. The molecule has 0 fully saturated rings. The van der Waals surface area contributed by atoms with Crippen LogP contribution in [-0.2, 0) is 21.0 Å². The molecule has 1 N–H and O–H groups in total. The van der Waals surface area contributed by atoms with E-state index in [1.165, 1.54) is 69.9 Å². The van der Waals surface area contributed by atoms with Gasteiger partial charge in [-0.05, 0) is 54.6 Å². The van der Waals surface area contributed by atoms with Gasteiger partial charge in [0.2, 0.25) is 5.91 Å². The van der Waals surface area contributed by atoms with Gasteiger partial charge < -0.3 is 19.5 Å². The van der Waals surface area contributed by atoms with Crippen molar-refractivity contribution in [1.29, 1.82) is 0 Å². The fourth-order valence-electron chi connectivity index (χ4n) is 3.35. The Morgan fingerprint density at radius 3 is 2.14 bits per heavy atom. The van der Waals surface area contributed by atoms with Crippen LogP contribution >= 0.6 is 11.6 Å². The number of ether oxygens (including phenoxy) is 3. The van der Waals surface area contributed by atoms with Gasteiger partial charge in [-0.15, -0.1) is 0 Å². The molecular weight excluding hydrogens is 537 g/mol. The summed E-state index contributed by atoms with van der Waals surface area (Å²) in [6.45, 7) is -0.844. The molecule has 0 saturated carbocycles. The van der Waals surface area contributed by atoms with Gasteiger partial charge in [-0.3, -0.25) is 9.10 Å². The third-order valence-corrected chi connectivity index (χ3v) is 7.16. The van der Waals surface area contributed by atoms with Crippen molar-refractivity contribution in [3.05, 3.63) is 71.2 Å². The lowest BCUT2D eigenvalue weighted by Gasteiger charge is -2.25. The maximum atomic E-state index is 13.6. The van der Waals surface area contributed by atoms with E-state index in [1.54, 1.807) is 0 Å². The Balaban J connectivity index is 2.02. The molecule has 0 saturated heterocycles. The van der Waals surface area contributed by atoms with Crippen LogP contribution in [0.4, 0.5) is 24.5 Å². The molecule has 0 aromatic heterocycles. The SMILES string of the molecule is COc1ccc(N(CC(=O)Nc2ccc(Cl)cc2C(F)(F)F)S(=O)(=O)c2ccc(OC)c(OC)c2)cc1. The molecule has 0 aliphatic carbocycles. The highest BCUT2D eigenvalue weighted by atomic mass is 35.5. The monoisotopic (exact) mass is 558 g/mol. The number of benzene rings is 3. The van der Waals surface area contributed by atoms with E-state index in [2.05, 4.69) is 5.32 Å². The average molecular weight is 559 g/mol. The lowest BCUT2D eigenvalue weighted by molar-refractivity contribution is -0.137. The maximum absolute atomic E-state index is 13.6. The molecular formula is C24H22ClF3N2O6S. The summed E-state index contributed by atoms with van der Waals surface area (Å²) in [6.07, 6.45) is -4.81. The van der Waals surface area contributed by atoms with Gasteiger partial charge >= 0.3 is 6.18 Å². The number of rotatable bonds is 9. The molecule has 3 aromatic rings. The predicted molar refractivity (Wildman–Crippen MR) is 132 cm³/mol. The van der Waals surface area contributed by atoms with Crippen LogP contribution in [0, 0.1) is 0 Å². The van der Waals surface area contributed by atoms with Gasteiger partial charge in [0.25, 0.3) is 10.0 Å². The summed E-state index contributed by atoms with van der Waals surface area (Å²) in [5, 5.41) is 1.96. The van der Waals surface area contributed by atoms with Crippen molar-refractivity contribution in [2.24, 2.45) is 0 Å². The van der Waals surface area contributed by atoms with Crippen molar-refractivity contribution in [3.63, 3.8) is 0 Å². The first-order chi connectivity index (χ1) is 17.4. The number of halogens is 4. The number of alkyl halides is 3. The van der Waals surface area contributed by atoms with Crippen LogP contribution in [0.1, 0.15) is 5.56 Å². The minimum Gasteiger partial charge on any atom is -0.497 e. The molecule has 0 heterocycles. The zero-order chi connectivity index (χ0) is 27.4. The van der Waals surface area contributed by atoms with Gasteiger partial charge in [-0.1, -0.05) is 11.6 Å². The molecule has 0 aliphatic heterocycles. The van der Waals surface area contributed by atoms with Crippen LogP contribution in [0.5, 0.6) is 17.2 Å². The lowest BCUT2D eigenvalue weighted by Crippen LogP contribution is -2.38. The molecule has 3 aromatic carbocycles. The van der Waals surface area contributed by atoms with E-state index < -0.39 is 39.9 Å². The molecule has 0 atom stereocenters. The first kappa shape index (κ1) is 27.9. The number of hydrogen-bond acceptors (Lipinski definition) is 6. The maximum Gasteiger partial charge on any atom is 0.418 e. The first-order valence-corrected chi connectivity index (χ1v) is 12.3. The average Bonchev–Trinajstić information content (AvgIpc) is 2.87. The standard InChI is InChI=1S/C24H22ClF3N2O6S/c1-34-17-7-5-16(6-8-17)30(37(32,33)18-9-11-21(35-2)22(13-18)36-3)14-23(31)29-20-10-4-15(25)12-19(20)24(26,27)28/h4-13H,14H2,1-3H3,(H,29,31). The molecule has 1 amide bonds. The quantitative estimate of drug-likeness (QED) is 0.387. The van der Waals surface area contributed by atoms with Crippen LogP contribution in [0.3, 0.4) is 0 Å². The Hall–Kier alpha value is -3.64. The highest BCUT2D eigenvalue weighted by Gasteiger charge is 2.35. The van der Waals surface area contributed by atoms with Crippen LogP contribution < -0.4 is 23.8 Å². The predicted octanol–water partition coefficient (Wildman–Crippen LogP) is 5.22. The Morgan fingerprint density at radius 2 is 1.57 bits per heavy atom. The molecule has 13 heteroatoms. The third kappa shape index (κ3) is 6.38. The zero-order valence-corrected chi connectivity index (χ0v) is 21.4. The molecule has 8 nitrogen and oxygen atoms in total. The molecule has 0 bridgehead atoms. The van der Waals surface area contributed by atoms with E-state index >= 15 is 0 Å². The fourth-order valence-corrected chi connectivity index (χ4v) is 4.96. The minimum atomic E-state index is -4.81. The topological polar surface area (TPSA) is 94.2 Å². The smallest absolute Gasteiger partial charge is 0.418 e. The molecule has 37 heavy (non-hydrogen) atoms. The molecule has 0 aliphatic rings. The molecule has 0 radical (unpaired) electrons. The molecule has 0 unspecified atom stereocenters. The van der Waals surface area contributed by atoms with E-state index in [9.17, 15) is 26.4 Å². The first-order valence-electron chi connectivity index (χ1n) is 10.5. The number of nitrogens with zero attached hydrogens (tertiary/aromatic N) is 1. The second-order valence-corrected chi connectivity index (χ2v) is 9.76. The van der Waals surface area contributed by atoms with E-state index in [0.29, 0.717) is 11.8 Å². The summed E-state index contributed by atoms with van der Waals surface area (Å²) < 4.78 is 83.9. The van der Waals surface area contributed by atoms with Gasteiger partial charge in [0.05, 0.1) is 43.2 Å². The van der Waals surface area contributed by atoms with Crippen LogP contribution in [0.15, 0.2) is 65.6 Å². The van der Waals surface area contributed by atoms with Gasteiger partial charge in [0.15, 0.2) is 11.5 Å². The molecule has 3 rings (SSSR count). The number of sulfonamides is 1. The van der Waals surface area contributed by atoms with Crippen molar-refractivity contribution in [2.45, 2.75) is 11.1 Å². The summed E-state index contributed by atoms with van der Waals surface area (Å²) in [6, 6.07) is 12.4. The lowest BCUT2D eigenvalue weighted by atomic mass is 10.1. The van der Waals surface area contributed by atoms with Gasteiger partial charge in [0, 0.05) is 11.1 Å². The Morgan fingerprint density at radius 1 is 0.919 bits per heavy atom. The van der Waals surface area contributed by atoms with Crippen LogP contribution in [0.25, 0.3) is 0 Å². The third-order valence-electron chi connectivity index (χ3n) is 5.15. The molecule has 0 spiro atoms. The summed E-state index contributed by atoms with van der Waals surface area (Å²) in [5.74, 6) is -0.198. The fraction of sp³-hybridized carbons (Fsp3) is 0.208. The normalized spacial score (nSPS) is 11.5. The summed E-state index contributed by atoms with van der Waals surface area (Å²) in [4.78, 5) is 12.7. The second-order valence-electron chi connectivity index (χ2n) is 7.46. The van der Waals surface area contributed by atoms with Crippen molar-refractivity contribution >= 4 is 38.9 Å². The minimum absolute atomic E-state index is 0.0675. The summed E-state index contributed by atoms with van der Waals surface area (Å²) in [7, 11) is -0.282. The highest BCUT2D eigenvalue weighted by Crippen LogP contribution is 2.37.